The van der Waals surface area contributed by atoms with Crippen LogP contribution >= 0.6 is 0 Å². The third-order valence-electron chi connectivity index (χ3n) is 0.724. The molecule has 46 valence electrons. The van der Waals surface area contributed by atoms with Crippen molar-refractivity contribution in [3.8, 4) is 0 Å². The first-order chi connectivity index (χ1) is 3.91. The molecule has 0 spiro atoms. The number of hydrogen-bond acceptors (Lipinski definition) is 1. The van der Waals surface area contributed by atoms with E-state index >= 15 is 0 Å². The van der Waals surface area contributed by atoms with Crippen molar-refractivity contribution < 1.29 is 5.11 Å². The molecule has 0 aromatic heterocycles. The average molecular weight is 112 g/mol. The van der Waals surface area contributed by atoms with Gasteiger partial charge in [0.05, 0.1) is 6.61 Å². The molecule has 0 saturated heterocycles. The Kier molecular flexibility index (Phi) is 5.99. The second-order valence-corrected chi connectivity index (χ2v) is 1.45. The van der Waals surface area contributed by atoms with Gasteiger partial charge in [-0.15, -0.1) is 0 Å². The van der Waals surface area contributed by atoms with Crippen LogP contribution in [0, 0.1) is 0 Å². The van der Waals surface area contributed by atoms with Crippen molar-refractivity contribution in [1.29, 1.82) is 0 Å². The van der Waals surface area contributed by atoms with Crippen LogP contribution in [0.4, 0.5) is 0 Å². The van der Waals surface area contributed by atoms with Crippen LogP contribution in [0.1, 0.15) is 13.3 Å². The van der Waals surface area contributed by atoms with E-state index in [2.05, 4.69) is 6.92 Å². The van der Waals surface area contributed by atoms with Crippen LogP contribution in [-0.4, -0.2) is 11.7 Å². The van der Waals surface area contributed by atoms with Gasteiger partial charge in [0.1, 0.15) is 0 Å². The number of allylic oxidation sites excluding steroid dienone is 3. The third-order valence-corrected chi connectivity index (χ3v) is 0.724. The normalized spacial score (nSPS) is 11.8. The minimum Gasteiger partial charge on any atom is -0.392 e. The van der Waals surface area contributed by atoms with E-state index in [-0.39, 0.29) is 6.61 Å². The molecule has 0 amide bonds. The van der Waals surface area contributed by atoms with Crippen molar-refractivity contribution in [3.63, 3.8) is 0 Å². The Morgan fingerprint density at radius 2 is 1.88 bits per heavy atom. The Morgan fingerprint density at radius 1 is 1.25 bits per heavy atom. The quantitative estimate of drug-likeness (QED) is 0.548. The summed E-state index contributed by atoms with van der Waals surface area (Å²) in [4.78, 5) is 0. The molecule has 0 rings (SSSR count). The molecule has 0 heterocycles. The standard InChI is InChI=1S/C7H12O/c1-2-3-4-5-6-7-8/h3-6,8H,2,7H2,1H3/b4-3+,6-5+. The molecule has 0 fully saturated rings. The van der Waals surface area contributed by atoms with Gasteiger partial charge in [-0.1, -0.05) is 31.2 Å². The van der Waals surface area contributed by atoms with Gasteiger partial charge in [-0.2, -0.15) is 0 Å². The van der Waals surface area contributed by atoms with Crippen LogP contribution in [0.3, 0.4) is 0 Å². The lowest BCUT2D eigenvalue weighted by molar-refractivity contribution is 0.343. The topological polar surface area (TPSA) is 20.2 Å². The molecule has 0 aliphatic heterocycles. The van der Waals surface area contributed by atoms with E-state index < -0.39 is 0 Å². The van der Waals surface area contributed by atoms with Crippen LogP contribution in [0.2, 0.25) is 0 Å². The predicted octanol–water partition coefficient (Wildman–Crippen LogP) is 1.50. The minimum absolute atomic E-state index is 0.133. The summed E-state index contributed by atoms with van der Waals surface area (Å²) < 4.78 is 0. The summed E-state index contributed by atoms with van der Waals surface area (Å²) in [5.74, 6) is 0. The molecule has 1 nitrogen and oxygen atoms in total. The number of aliphatic hydroxyl groups is 1. The Morgan fingerprint density at radius 3 is 2.38 bits per heavy atom. The molecule has 0 aliphatic rings. The molecule has 0 radical (unpaired) electrons. The van der Waals surface area contributed by atoms with Gasteiger partial charge in [0.25, 0.3) is 0 Å². The summed E-state index contributed by atoms with van der Waals surface area (Å²) in [6, 6.07) is 0. The molecule has 0 bridgehead atoms. The SMILES string of the molecule is CC/C=C/C=C/CO. The van der Waals surface area contributed by atoms with Gasteiger partial charge in [-0.25, -0.2) is 0 Å². The fraction of sp³-hybridized carbons (Fsp3) is 0.429. The lowest BCUT2D eigenvalue weighted by Crippen LogP contribution is -1.67. The second kappa shape index (κ2) is 6.44. The fourth-order valence-electron chi connectivity index (χ4n) is 0.354. The molecular weight excluding hydrogens is 100 g/mol. The molecule has 0 saturated carbocycles. The van der Waals surface area contributed by atoms with E-state index in [0.29, 0.717) is 0 Å². The predicted molar refractivity (Wildman–Crippen MR) is 35.7 cm³/mol. The number of rotatable bonds is 3. The van der Waals surface area contributed by atoms with E-state index in [1.54, 1.807) is 6.08 Å². The largest absolute Gasteiger partial charge is 0.392 e. The molecule has 0 aromatic rings. The summed E-state index contributed by atoms with van der Waals surface area (Å²) >= 11 is 0. The first-order valence-electron chi connectivity index (χ1n) is 2.84. The van der Waals surface area contributed by atoms with Gasteiger partial charge in [-0.3, -0.25) is 0 Å². The van der Waals surface area contributed by atoms with Gasteiger partial charge >= 0.3 is 0 Å². The fourth-order valence-corrected chi connectivity index (χ4v) is 0.354. The first kappa shape index (κ1) is 7.44. The van der Waals surface area contributed by atoms with Gasteiger partial charge in [0.2, 0.25) is 0 Å². The van der Waals surface area contributed by atoms with Gasteiger partial charge in [-0.05, 0) is 6.42 Å². The lowest BCUT2D eigenvalue weighted by Gasteiger charge is -1.74. The first-order valence-corrected chi connectivity index (χ1v) is 2.84. The molecule has 0 aliphatic carbocycles. The lowest BCUT2D eigenvalue weighted by atomic mass is 10.4. The Balaban J connectivity index is 3.13. The maximum Gasteiger partial charge on any atom is 0.0615 e. The summed E-state index contributed by atoms with van der Waals surface area (Å²) in [6.45, 7) is 2.21. The maximum absolute atomic E-state index is 8.24. The number of hydrogen-bond donors (Lipinski definition) is 1. The Hall–Kier alpha value is -0.560. The molecule has 0 atom stereocenters. The highest BCUT2D eigenvalue weighted by Crippen LogP contribution is 1.79. The molecule has 0 aromatic carbocycles. The van der Waals surface area contributed by atoms with Crippen molar-refractivity contribution in [2.24, 2.45) is 0 Å². The van der Waals surface area contributed by atoms with Crippen LogP contribution < -0.4 is 0 Å². The second-order valence-electron chi connectivity index (χ2n) is 1.45. The van der Waals surface area contributed by atoms with Crippen LogP contribution in [0.5, 0.6) is 0 Å². The van der Waals surface area contributed by atoms with E-state index in [0.717, 1.165) is 6.42 Å². The highest BCUT2D eigenvalue weighted by Gasteiger charge is 1.62. The van der Waals surface area contributed by atoms with Crippen molar-refractivity contribution in [1.82, 2.24) is 0 Å². The number of aliphatic hydroxyl groups excluding tert-OH is 1. The summed E-state index contributed by atoms with van der Waals surface area (Å²) in [5.41, 5.74) is 0. The smallest absolute Gasteiger partial charge is 0.0615 e. The molecule has 1 heteroatoms. The minimum atomic E-state index is 0.133. The highest BCUT2D eigenvalue weighted by molar-refractivity contribution is 5.01. The van der Waals surface area contributed by atoms with E-state index in [9.17, 15) is 0 Å². The van der Waals surface area contributed by atoms with Crippen LogP contribution in [0.15, 0.2) is 24.3 Å². The van der Waals surface area contributed by atoms with Gasteiger partial charge in [0.15, 0.2) is 0 Å². The van der Waals surface area contributed by atoms with E-state index in [1.807, 2.05) is 18.2 Å². The van der Waals surface area contributed by atoms with Crippen LogP contribution in [-0.2, 0) is 0 Å². The monoisotopic (exact) mass is 112 g/mol. The zero-order chi connectivity index (χ0) is 6.24. The Bertz CT molecular complexity index is 70.4. The molecular formula is C7H12O. The maximum atomic E-state index is 8.24. The van der Waals surface area contributed by atoms with Gasteiger partial charge in [0, 0.05) is 0 Å². The summed E-state index contributed by atoms with van der Waals surface area (Å²) in [6.07, 6.45) is 8.55. The molecule has 1 N–H and O–H groups in total. The van der Waals surface area contributed by atoms with Crippen LogP contribution in [0.25, 0.3) is 0 Å². The molecule has 8 heavy (non-hydrogen) atoms. The third kappa shape index (κ3) is 5.44. The van der Waals surface area contributed by atoms with Crippen molar-refractivity contribution in [2.45, 2.75) is 13.3 Å². The van der Waals surface area contributed by atoms with E-state index in [1.165, 1.54) is 0 Å². The van der Waals surface area contributed by atoms with Crippen molar-refractivity contribution in [3.05, 3.63) is 24.3 Å². The highest BCUT2D eigenvalue weighted by atomic mass is 16.2. The zero-order valence-electron chi connectivity index (χ0n) is 5.17. The van der Waals surface area contributed by atoms with Gasteiger partial charge < -0.3 is 5.11 Å². The molecule has 0 unspecified atom stereocenters. The Labute approximate surface area is 50.3 Å². The van der Waals surface area contributed by atoms with E-state index in [4.69, 9.17) is 5.11 Å². The average Bonchev–Trinajstić information content (AvgIpc) is 1.81. The van der Waals surface area contributed by atoms with Crippen molar-refractivity contribution in [2.75, 3.05) is 6.61 Å². The summed E-state index contributed by atoms with van der Waals surface area (Å²) in [5, 5.41) is 8.24. The van der Waals surface area contributed by atoms with Crippen molar-refractivity contribution >= 4 is 0 Å². The summed E-state index contributed by atoms with van der Waals surface area (Å²) in [7, 11) is 0. The zero-order valence-corrected chi connectivity index (χ0v) is 5.17.